The van der Waals surface area contributed by atoms with E-state index in [4.69, 9.17) is 16.2 Å². The van der Waals surface area contributed by atoms with Gasteiger partial charge in [0.15, 0.2) is 0 Å². The van der Waals surface area contributed by atoms with Gasteiger partial charge in [0.1, 0.15) is 23.0 Å². The fourth-order valence-corrected chi connectivity index (χ4v) is 1.43. The molecule has 7 heteroatoms. The topological polar surface area (TPSA) is 108 Å². The first-order valence-corrected chi connectivity index (χ1v) is 5.50. The lowest BCUT2D eigenvalue weighted by molar-refractivity contribution is -0.114. The molecule has 0 aliphatic carbocycles. The highest BCUT2D eigenvalue weighted by Crippen LogP contribution is 2.24. The van der Waals surface area contributed by atoms with Crippen LogP contribution in [0.2, 0.25) is 0 Å². The van der Waals surface area contributed by atoms with Crippen LogP contribution in [0.4, 0.5) is 10.1 Å². The summed E-state index contributed by atoms with van der Waals surface area (Å²) in [7, 11) is 0. The molecule has 0 aliphatic rings. The normalized spacial score (nSPS) is 10.1. The van der Waals surface area contributed by atoms with Gasteiger partial charge in [0, 0.05) is 18.3 Å². The van der Waals surface area contributed by atoms with Crippen molar-refractivity contribution in [3.8, 4) is 11.5 Å². The van der Waals surface area contributed by atoms with E-state index in [1.165, 1.54) is 30.5 Å². The van der Waals surface area contributed by atoms with E-state index in [2.05, 4.69) is 4.98 Å². The molecular formula is C13H10FN3O3. The van der Waals surface area contributed by atoms with Crippen molar-refractivity contribution in [1.82, 2.24) is 4.98 Å². The number of hydrogen-bond acceptors (Lipinski definition) is 5. The average molecular weight is 275 g/mol. The number of rotatable bonds is 4. The van der Waals surface area contributed by atoms with Gasteiger partial charge in [-0.15, -0.1) is 0 Å². The quantitative estimate of drug-likeness (QED) is 0.496. The molecule has 6 nitrogen and oxygen atoms in total. The molecule has 0 bridgehead atoms. The Hall–Kier alpha value is -2.96. The number of ketones is 1. The third-order valence-electron chi connectivity index (χ3n) is 2.40. The number of benzene rings is 1. The van der Waals surface area contributed by atoms with Crippen molar-refractivity contribution in [2.24, 2.45) is 5.73 Å². The number of nitrogen functional groups attached to an aromatic ring is 1. The van der Waals surface area contributed by atoms with Crippen LogP contribution in [-0.2, 0) is 4.79 Å². The summed E-state index contributed by atoms with van der Waals surface area (Å²) >= 11 is 0. The molecule has 0 unspecified atom stereocenters. The van der Waals surface area contributed by atoms with Crippen molar-refractivity contribution >= 4 is 17.4 Å². The molecule has 102 valence electrons. The van der Waals surface area contributed by atoms with Crippen molar-refractivity contribution in [3.05, 3.63) is 48.0 Å². The number of nitrogens with two attached hydrogens (primary N) is 2. The summed E-state index contributed by atoms with van der Waals surface area (Å²) in [4.78, 5) is 25.9. The largest absolute Gasteiger partial charge is 0.457 e. The van der Waals surface area contributed by atoms with Gasteiger partial charge in [-0.3, -0.25) is 14.6 Å². The van der Waals surface area contributed by atoms with Gasteiger partial charge in [0.25, 0.3) is 11.7 Å². The molecule has 4 N–H and O–H groups in total. The fraction of sp³-hybridized carbons (Fsp3) is 0. The molecule has 0 atom stereocenters. The molecule has 2 rings (SSSR count). The first-order valence-electron chi connectivity index (χ1n) is 5.50. The lowest BCUT2D eigenvalue weighted by Crippen LogP contribution is -2.23. The summed E-state index contributed by atoms with van der Waals surface area (Å²) in [6.07, 6.45) is 1.28. The van der Waals surface area contributed by atoms with E-state index in [0.29, 0.717) is 0 Å². The minimum Gasteiger partial charge on any atom is -0.457 e. The highest BCUT2D eigenvalue weighted by Gasteiger charge is 2.14. The van der Waals surface area contributed by atoms with Gasteiger partial charge in [0.2, 0.25) is 0 Å². The highest BCUT2D eigenvalue weighted by atomic mass is 19.1. The Morgan fingerprint density at radius 1 is 1.15 bits per heavy atom. The number of aromatic nitrogens is 1. The van der Waals surface area contributed by atoms with Crippen LogP contribution in [0.15, 0.2) is 36.5 Å². The first-order chi connectivity index (χ1) is 9.47. The number of pyridine rings is 1. The monoisotopic (exact) mass is 275 g/mol. The molecule has 0 aliphatic heterocycles. The SMILES string of the molecule is NC(=O)C(=O)c1cc(Oc2ccc(N)c(F)c2)ccn1. The summed E-state index contributed by atoms with van der Waals surface area (Å²) in [6.45, 7) is 0. The van der Waals surface area contributed by atoms with Crippen LogP contribution in [0.1, 0.15) is 10.5 Å². The van der Waals surface area contributed by atoms with Gasteiger partial charge < -0.3 is 16.2 Å². The Kier molecular flexibility index (Phi) is 3.60. The number of nitrogens with zero attached hydrogens (tertiary/aromatic N) is 1. The molecule has 0 spiro atoms. The van der Waals surface area contributed by atoms with Crippen LogP contribution < -0.4 is 16.2 Å². The zero-order valence-corrected chi connectivity index (χ0v) is 10.2. The summed E-state index contributed by atoms with van der Waals surface area (Å²) < 4.78 is 18.6. The summed E-state index contributed by atoms with van der Waals surface area (Å²) in [5.74, 6) is -2.26. The van der Waals surface area contributed by atoms with Gasteiger partial charge in [0.05, 0.1) is 5.69 Å². The van der Waals surface area contributed by atoms with Gasteiger partial charge in [-0.1, -0.05) is 0 Å². The average Bonchev–Trinajstić information content (AvgIpc) is 2.42. The molecular weight excluding hydrogens is 265 g/mol. The van der Waals surface area contributed by atoms with E-state index in [0.717, 1.165) is 6.07 Å². The predicted molar refractivity (Wildman–Crippen MR) is 68.6 cm³/mol. The maximum absolute atomic E-state index is 13.3. The number of hydrogen-bond donors (Lipinski definition) is 2. The van der Waals surface area contributed by atoms with Crippen LogP contribution in [0.25, 0.3) is 0 Å². The van der Waals surface area contributed by atoms with Crippen molar-refractivity contribution in [2.45, 2.75) is 0 Å². The molecule has 0 fully saturated rings. The van der Waals surface area contributed by atoms with E-state index >= 15 is 0 Å². The van der Waals surface area contributed by atoms with Gasteiger partial charge >= 0.3 is 0 Å². The van der Waals surface area contributed by atoms with Crippen LogP contribution in [0.5, 0.6) is 11.5 Å². The van der Waals surface area contributed by atoms with Gasteiger partial charge in [-0.25, -0.2) is 4.39 Å². The van der Waals surface area contributed by atoms with Crippen LogP contribution in [-0.4, -0.2) is 16.7 Å². The molecule has 0 saturated carbocycles. The van der Waals surface area contributed by atoms with Gasteiger partial charge in [-0.05, 0) is 18.2 Å². The summed E-state index contributed by atoms with van der Waals surface area (Å²) in [5.41, 5.74) is 10.1. The van der Waals surface area contributed by atoms with Crippen molar-refractivity contribution in [1.29, 1.82) is 0 Å². The van der Waals surface area contributed by atoms with Crippen molar-refractivity contribution < 1.29 is 18.7 Å². The van der Waals surface area contributed by atoms with Crippen molar-refractivity contribution in [3.63, 3.8) is 0 Å². The van der Waals surface area contributed by atoms with Crippen LogP contribution in [0, 0.1) is 5.82 Å². The van der Waals surface area contributed by atoms with Crippen molar-refractivity contribution in [2.75, 3.05) is 5.73 Å². The third kappa shape index (κ3) is 2.89. The number of carbonyl (C=O) groups excluding carboxylic acids is 2. The standard InChI is InChI=1S/C13H10FN3O3/c14-9-5-7(1-2-10(9)15)20-8-3-4-17-11(6-8)12(18)13(16)19/h1-6H,15H2,(H2,16,19). The second-order valence-corrected chi connectivity index (χ2v) is 3.86. The lowest BCUT2D eigenvalue weighted by atomic mass is 10.2. The second-order valence-electron chi connectivity index (χ2n) is 3.86. The van der Waals surface area contributed by atoms with E-state index in [-0.39, 0.29) is 22.9 Å². The Bertz CT molecular complexity index is 688. The molecule has 2 aromatic rings. The number of primary amides is 1. The van der Waals surface area contributed by atoms with E-state index in [9.17, 15) is 14.0 Å². The first kappa shape index (κ1) is 13.5. The van der Waals surface area contributed by atoms with Crippen LogP contribution in [0.3, 0.4) is 0 Å². The minimum absolute atomic E-state index is 0.00308. The maximum Gasteiger partial charge on any atom is 0.291 e. The smallest absolute Gasteiger partial charge is 0.291 e. The second kappa shape index (κ2) is 5.35. The molecule has 1 aromatic carbocycles. The fourth-order valence-electron chi connectivity index (χ4n) is 1.43. The minimum atomic E-state index is -1.12. The predicted octanol–water partition coefficient (Wildman–Crippen LogP) is 1.26. The third-order valence-corrected chi connectivity index (χ3v) is 2.40. The van der Waals surface area contributed by atoms with Crippen LogP contribution >= 0.6 is 0 Å². The summed E-state index contributed by atoms with van der Waals surface area (Å²) in [5, 5.41) is 0. The number of halogens is 1. The lowest BCUT2D eigenvalue weighted by Gasteiger charge is -2.07. The number of amides is 1. The molecule has 0 saturated heterocycles. The molecule has 20 heavy (non-hydrogen) atoms. The van der Waals surface area contributed by atoms with E-state index in [1.54, 1.807) is 0 Å². The highest BCUT2D eigenvalue weighted by molar-refractivity contribution is 6.41. The zero-order chi connectivity index (χ0) is 14.7. The number of ether oxygens (including phenoxy) is 1. The number of Topliss-reactive ketones (excluding diaryl/α,β-unsaturated/α-hetero) is 1. The number of anilines is 1. The van der Waals surface area contributed by atoms with E-state index < -0.39 is 17.5 Å². The zero-order valence-electron chi connectivity index (χ0n) is 10.2. The Balaban J connectivity index is 2.25. The maximum atomic E-state index is 13.3. The molecule has 1 aromatic heterocycles. The Labute approximate surface area is 113 Å². The Morgan fingerprint density at radius 2 is 1.85 bits per heavy atom. The molecule has 1 heterocycles. The molecule has 0 radical (unpaired) electrons. The summed E-state index contributed by atoms with van der Waals surface area (Å²) in [6, 6.07) is 6.61. The van der Waals surface area contributed by atoms with Gasteiger partial charge in [-0.2, -0.15) is 0 Å². The Morgan fingerprint density at radius 3 is 2.50 bits per heavy atom. The van der Waals surface area contributed by atoms with E-state index in [1.807, 2.05) is 0 Å². The molecule has 1 amide bonds. The number of carbonyl (C=O) groups is 2.